The number of hydrogen-bond donors (Lipinski definition) is 3. The predicted molar refractivity (Wildman–Crippen MR) is 39.7 cm³/mol. The number of hydrogen-bond acceptors (Lipinski definition) is 3. The van der Waals surface area contributed by atoms with Gasteiger partial charge in [-0.1, -0.05) is 0 Å². The molecular weight excluding hydrogens is 114 g/mol. The van der Waals surface area contributed by atoms with Crippen molar-refractivity contribution in [2.75, 3.05) is 13.1 Å². The minimum atomic E-state index is 0.587. The van der Waals surface area contributed by atoms with E-state index < -0.39 is 0 Å². The molecule has 9 heavy (non-hydrogen) atoms. The minimum absolute atomic E-state index is 0.587. The van der Waals surface area contributed by atoms with Crippen LogP contribution in [0.2, 0.25) is 0 Å². The van der Waals surface area contributed by atoms with Crippen LogP contribution < -0.4 is 11.5 Å². The molecule has 0 radical (unpaired) electrons. The van der Waals surface area contributed by atoms with E-state index in [0.29, 0.717) is 13.1 Å². The van der Waals surface area contributed by atoms with Gasteiger partial charge in [0.2, 0.25) is 0 Å². The van der Waals surface area contributed by atoms with Crippen LogP contribution in [-0.2, 0) is 0 Å². The fraction of sp³-hybridized carbons (Fsp3) is 0.833. The van der Waals surface area contributed by atoms with E-state index in [2.05, 4.69) is 0 Å². The van der Waals surface area contributed by atoms with Crippen molar-refractivity contribution in [3.05, 3.63) is 0 Å². The molecule has 0 amide bonds. The Morgan fingerprint density at radius 2 is 1.78 bits per heavy atom. The molecule has 0 saturated heterocycles. The Morgan fingerprint density at radius 3 is 2.22 bits per heavy atom. The first kappa shape index (κ1) is 8.59. The van der Waals surface area contributed by atoms with Crippen molar-refractivity contribution in [2.24, 2.45) is 11.5 Å². The van der Waals surface area contributed by atoms with Gasteiger partial charge in [0, 0.05) is 5.71 Å². The summed E-state index contributed by atoms with van der Waals surface area (Å²) in [4.78, 5) is 0. The van der Waals surface area contributed by atoms with E-state index in [-0.39, 0.29) is 0 Å². The van der Waals surface area contributed by atoms with Crippen LogP contribution in [0, 0.1) is 5.41 Å². The molecule has 5 N–H and O–H groups in total. The van der Waals surface area contributed by atoms with Crippen LogP contribution in [0.5, 0.6) is 0 Å². The molecule has 0 fully saturated rings. The van der Waals surface area contributed by atoms with Gasteiger partial charge in [0.1, 0.15) is 0 Å². The van der Waals surface area contributed by atoms with Crippen LogP contribution in [0.4, 0.5) is 0 Å². The number of rotatable bonds is 5. The lowest BCUT2D eigenvalue weighted by Crippen LogP contribution is -2.09. The molecule has 0 aliphatic rings. The molecule has 0 unspecified atom stereocenters. The van der Waals surface area contributed by atoms with Gasteiger partial charge < -0.3 is 16.9 Å². The van der Waals surface area contributed by atoms with Gasteiger partial charge in [-0.3, -0.25) is 0 Å². The van der Waals surface area contributed by atoms with Gasteiger partial charge in [-0.15, -0.1) is 0 Å². The Morgan fingerprint density at radius 1 is 1.11 bits per heavy atom. The highest BCUT2D eigenvalue weighted by molar-refractivity contribution is 5.81. The molecule has 0 heterocycles. The van der Waals surface area contributed by atoms with Gasteiger partial charge in [-0.2, -0.15) is 0 Å². The molecular formula is C6H15N3. The minimum Gasteiger partial charge on any atom is -0.330 e. The van der Waals surface area contributed by atoms with Crippen LogP contribution in [0.3, 0.4) is 0 Å². The van der Waals surface area contributed by atoms with Crippen LogP contribution in [-0.4, -0.2) is 18.8 Å². The Hall–Kier alpha value is -0.410. The van der Waals surface area contributed by atoms with Crippen molar-refractivity contribution in [1.29, 1.82) is 5.41 Å². The van der Waals surface area contributed by atoms with Gasteiger partial charge in [-0.25, -0.2) is 0 Å². The van der Waals surface area contributed by atoms with Crippen LogP contribution in [0.1, 0.15) is 19.3 Å². The summed E-state index contributed by atoms with van der Waals surface area (Å²) >= 11 is 0. The second-order valence-electron chi connectivity index (χ2n) is 2.03. The maximum atomic E-state index is 7.26. The first-order valence-electron chi connectivity index (χ1n) is 3.27. The summed E-state index contributed by atoms with van der Waals surface area (Å²) in [5.41, 5.74) is 11.2. The summed E-state index contributed by atoms with van der Waals surface area (Å²) in [6.07, 6.45) is 2.45. The first-order valence-corrected chi connectivity index (χ1v) is 3.27. The summed E-state index contributed by atoms with van der Waals surface area (Å²) in [7, 11) is 0. The lowest BCUT2D eigenvalue weighted by molar-refractivity contribution is 0.852. The van der Waals surface area contributed by atoms with E-state index in [0.717, 1.165) is 25.0 Å². The van der Waals surface area contributed by atoms with Gasteiger partial charge in [0.15, 0.2) is 0 Å². The first-order chi connectivity index (χ1) is 4.31. The van der Waals surface area contributed by atoms with E-state index in [1.165, 1.54) is 0 Å². The van der Waals surface area contributed by atoms with Crippen molar-refractivity contribution in [2.45, 2.75) is 19.3 Å². The van der Waals surface area contributed by atoms with E-state index in [1.807, 2.05) is 0 Å². The lowest BCUT2D eigenvalue weighted by Gasteiger charge is -1.98. The second-order valence-corrected chi connectivity index (χ2v) is 2.03. The summed E-state index contributed by atoms with van der Waals surface area (Å²) in [5.74, 6) is 0. The smallest absolute Gasteiger partial charge is 0.0102 e. The summed E-state index contributed by atoms with van der Waals surface area (Å²) < 4.78 is 0. The standard InChI is InChI=1S/C6H15N3/c7-4-1-2-6(9)3-5-8/h9H,1-5,7-8H2. The summed E-state index contributed by atoms with van der Waals surface area (Å²) in [6, 6.07) is 0. The highest BCUT2D eigenvalue weighted by Gasteiger charge is 1.92. The SMILES string of the molecule is N=C(CCN)CCCN. The molecule has 0 bridgehead atoms. The van der Waals surface area contributed by atoms with Gasteiger partial charge in [0.05, 0.1) is 0 Å². The largest absolute Gasteiger partial charge is 0.330 e. The normalized spacial score (nSPS) is 9.56. The topological polar surface area (TPSA) is 75.9 Å². The van der Waals surface area contributed by atoms with Gasteiger partial charge in [-0.05, 0) is 32.4 Å². The predicted octanol–water partition coefficient (Wildman–Crippen LogP) is 0.0939. The Kier molecular flexibility index (Phi) is 5.46. The zero-order valence-corrected chi connectivity index (χ0v) is 5.69. The molecule has 3 heteroatoms. The fourth-order valence-corrected chi connectivity index (χ4v) is 0.615. The van der Waals surface area contributed by atoms with Crippen molar-refractivity contribution in [1.82, 2.24) is 0 Å². The number of nitrogens with one attached hydrogen (secondary N) is 1. The molecule has 0 aromatic carbocycles. The maximum absolute atomic E-state index is 7.26. The van der Waals surface area contributed by atoms with E-state index in [4.69, 9.17) is 16.9 Å². The number of nitrogens with two attached hydrogens (primary N) is 2. The van der Waals surface area contributed by atoms with Crippen LogP contribution >= 0.6 is 0 Å². The Balaban J connectivity index is 3.06. The molecule has 0 aromatic heterocycles. The average Bonchev–Trinajstić information content (AvgIpc) is 1.85. The third-order valence-corrected chi connectivity index (χ3v) is 1.13. The molecule has 0 spiro atoms. The van der Waals surface area contributed by atoms with Crippen LogP contribution in [0.25, 0.3) is 0 Å². The third kappa shape index (κ3) is 5.46. The lowest BCUT2D eigenvalue weighted by atomic mass is 10.1. The highest BCUT2D eigenvalue weighted by atomic mass is 14.5. The molecule has 0 aliphatic heterocycles. The molecule has 3 nitrogen and oxygen atoms in total. The highest BCUT2D eigenvalue weighted by Crippen LogP contribution is 1.91. The third-order valence-electron chi connectivity index (χ3n) is 1.13. The van der Waals surface area contributed by atoms with Crippen molar-refractivity contribution < 1.29 is 0 Å². The van der Waals surface area contributed by atoms with E-state index in [1.54, 1.807) is 0 Å². The van der Waals surface area contributed by atoms with Crippen LogP contribution in [0.15, 0.2) is 0 Å². The molecule has 0 rings (SSSR count). The van der Waals surface area contributed by atoms with Crippen molar-refractivity contribution >= 4 is 5.71 Å². The Bertz CT molecular complexity index is 80.4. The average molecular weight is 129 g/mol. The second kappa shape index (κ2) is 5.72. The quantitative estimate of drug-likeness (QED) is 0.460. The zero-order chi connectivity index (χ0) is 7.11. The molecule has 0 atom stereocenters. The fourth-order valence-electron chi connectivity index (χ4n) is 0.615. The maximum Gasteiger partial charge on any atom is 0.0102 e. The van der Waals surface area contributed by atoms with E-state index >= 15 is 0 Å². The van der Waals surface area contributed by atoms with E-state index in [9.17, 15) is 0 Å². The molecule has 54 valence electrons. The van der Waals surface area contributed by atoms with Crippen molar-refractivity contribution in [3.63, 3.8) is 0 Å². The summed E-state index contributed by atoms with van der Waals surface area (Å²) in [5, 5.41) is 7.26. The molecule has 0 aliphatic carbocycles. The zero-order valence-electron chi connectivity index (χ0n) is 5.69. The summed E-state index contributed by atoms with van der Waals surface area (Å²) in [6.45, 7) is 1.26. The monoisotopic (exact) mass is 129 g/mol. The van der Waals surface area contributed by atoms with Gasteiger partial charge in [0.25, 0.3) is 0 Å². The molecule has 0 saturated carbocycles. The Labute approximate surface area is 55.9 Å². The van der Waals surface area contributed by atoms with Crippen molar-refractivity contribution in [3.8, 4) is 0 Å². The molecule has 0 aromatic rings. The van der Waals surface area contributed by atoms with Gasteiger partial charge >= 0.3 is 0 Å².